The molecule has 0 aromatic heterocycles. The Hall–Kier alpha value is -0.790. The Labute approximate surface area is 103 Å². The van der Waals surface area contributed by atoms with Crippen LogP contribution in [0.15, 0.2) is 36.9 Å². The number of hydrogen-bond donors (Lipinski definition) is 0. The Morgan fingerprint density at radius 2 is 2.19 bits per heavy atom. The molecule has 0 spiro atoms. The van der Waals surface area contributed by atoms with Crippen molar-refractivity contribution in [3.05, 3.63) is 47.5 Å². The van der Waals surface area contributed by atoms with Crippen molar-refractivity contribution in [2.75, 3.05) is 7.11 Å². The Bertz CT molecular complexity index is 358. The van der Waals surface area contributed by atoms with E-state index in [1.54, 1.807) is 7.11 Å². The van der Waals surface area contributed by atoms with E-state index in [2.05, 4.69) is 26.5 Å². The average molecular weight is 239 g/mol. The third kappa shape index (κ3) is 3.36. The van der Waals surface area contributed by atoms with Crippen LogP contribution in [-0.4, -0.2) is 13.2 Å². The predicted molar refractivity (Wildman–Crippen MR) is 69.9 cm³/mol. The van der Waals surface area contributed by atoms with Gasteiger partial charge in [0.2, 0.25) is 0 Å². The van der Waals surface area contributed by atoms with Gasteiger partial charge in [0.15, 0.2) is 0 Å². The number of methoxy groups -OCH3 is 1. The normalized spacial score (nSPS) is 13.5. The van der Waals surface area contributed by atoms with Crippen molar-refractivity contribution < 1.29 is 4.74 Å². The maximum atomic E-state index is 5.97. The largest absolute Gasteiger partial charge is 0.377 e. The first-order chi connectivity index (χ1) is 7.49. The highest BCUT2D eigenvalue weighted by atomic mass is 35.5. The van der Waals surface area contributed by atoms with Gasteiger partial charge >= 0.3 is 0 Å². The molecule has 0 saturated carbocycles. The molecule has 0 saturated heterocycles. The van der Waals surface area contributed by atoms with E-state index in [4.69, 9.17) is 16.3 Å². The fourth-order valence-corrected chi connectivity index (χ4v) is 2.22. The Morgan fingerprint density at radius 3 is 2.69 bits per heavy atom. The summed E-state index contributed by atoms with van der Waals surface area (Å²) in [6.07, 6.45) is 2.81. The van der Waals surface area contributed by atoms with Gasteiger partial charge in [-0.1, -0.05) is 43.7 Å². The summed E-state index contributed by atoms with van der Waals surface area (Å²) in [5, 5.41) is 0.779. The number of rotatable bonds is 5. The lowest BCUT2D eigenvalue weighted by Crippen LogP contribution is -2.31. The number of halogens is 1. The fraction of sp³-hybridized carbons (Fsp3) is 0.429. The summed E-state index contributed by atoms with van der Waals surface area (Å²) in [4.78, 5) is 0. The Balaban J connectivity index is 2.83. The van der Waals surface area contributed by atoms with Gasteiger partial charge in [-0.05, 0) is 29.5 Å². The van der Waals surface area contributed by atoms with Crippen molar-refractivity contribution in [3.8, 4) is 0 Å². The lowest BCUT2D eigenvalue weighted by Gasteiger charge is -2.31. The van der Waals surface area contributed by atoms with Crippen molar-refractivity contribution in [2.45, 2.75) is 26.4 Å². The Morgan fingerprint density at radius 1 is 1.50 bits per heavy atom. The predicted octanol–water partition coefficient (Wildman–Crippen LogP) is 4.11. The van der Waals surface area contributed by atoms with Gasteiger partial charge in [-0.25, -0.2) is 0 Å². The average Bonchev–Trinajstić information content (AvgIpc) is 2.18. The molecule has 1 aromatic carbocycles. The standard InChI is InChI=1S/C14H19ClO/c1-5-13(16-4)14(2,3)10-11-7-6-8-12(15)9-11/h5-9,13H,1,10H2,2-4H3. The zero-order valence-corrected chi connectivity index (χ0v) is 10.9. The molecule has 1 rings (SSSR count). The van der Waals surface area contributed by atoms with E-state index in [1.165, 1.54) is 5.56 Å². The highest BCUT2D eigenvalue weighted by Crippen LogP contribution is 2.29. The van der Waals surface area contributed by atoms with Gasteiger partial charge in [0.25, 0.3) is 0 Å². The summed E-state index contributed by atoms with van der Waals surface area (Å²) in [5.74, 6) is 0. The summed E-state index contributed by atoms with van der Waals surface area (Å²) >= 11 is 5.97. The van der Waals surface area contributed by atoms with E-state index in [9.17, 15) is 0 Å². The molecule has 0 fully saturated rings. The Kier molecular flexibility index (Phi) is 4.57. The van der Waals surface area contributed by atoms with Crippen LogP contribution in [0.1, 0.15) is 19.4 Å². The molecule has 0 amide bonds. The van der Waals surface area contributed by atoms with Gasteiger partial charge in [0, 0.05) is 12.1 Å². The van der Waals surface area contributed by atoms with Gasteiger partial charge in [-0.15, -0.1) is 6.58 Å². The summed E-state index contributed by atoms with van der Waals surface area (Å²) in [6.45, 7) is 8.15. The summed E-state index contributed by atoms with van der Waals surface area (Å²) < 4.78 is 5.42. The molecule has 0 N–H and O–H groups in total. The van der Waals surface area contributed by atoms with Crippen LogP contribution in [-0.2, 0) is 11.2 Å². The molecule has 0 aliphatic rings. The van der Waals surface area contributed by atoms with Gasteiger partial charge in [0.05, 0.1) is 6.10 Å². The number of hydrogen-bond acceptors (Lipinski definition) is 1. The zero-order valence-electron chi connectivity index (χ0n) is 10.2. The van der Waals surface area contributed by atoms with Crippen molar-refractivity contribution >= 4 is 11.6 Å². The molecule has 0 heterocycles. The molecule has 0 aliphatic carbocycles. The van der Waals surface area contributed by atoms with Crippen LogP contribution in [0, 0.1) is 5.41 Å². The van der Waals surface area contributed by atoms with Crippen LogP contribution >= 0.6 is 11.6 Å². The molecule has 1 aromatic rings. The van der Waals surface area contributed by atoms with Crippen LogP contribution in [0.3, 0.4) is 0 Å². The SMILES string of the molecule is C=CC(OC)C(C)(C)Cc1cccc(Cl)c1. The van der Waals surface area contributed by atoms with E-state index < -0.39 is 0 Å². The van der Waals surface area contributed by atoms with E-state index in [0.717, 1.165) is 11.4 Å². The van der Waals surface area contributed by atoms with Crippen molar-refractivity contribution in [3.63, 3.8) is 0 Å². The minimum atomic E-state index is 0.0151. The van der Waals surface area contributed by atoms with Gasteiger partial charge in [-0.2, -0.15) is 0 Å². The highest BCUT2D eigenvalue weighted by Gasteiger charge is 2.27. The maximum absolute atomic E-state index is 5.97. The van der Waals surface area contributed by atoms with Crippen LogP contribution in [0.25, 0.3) is 0 Å². The third-order valence-electron chi connectivity index (χ3n) is 2.79. The maximum Gasteiger partial charge on any atom is 0.0803 e. The minimum absolute atomic E-state index is 0.0151. The van der Waals surface area contributed by atoms with Crippen molar-refractivity contribution in [2.24, 2.45) is 5.41 Å². The van der Waals surface area contributed by atoms with Gasteiger partial charge < -0.3 is 4.74 Å². The minimum Gasteiger partial charge on any atom is -0.377 e. The first-order valence-electron chi connectivity index (χ1n) is 5.39. The second kappa shape index (κ2) is 5.51. The smallest absolute Gasteiger partial charge is 0.0803 e. The lowest BCUT2D eigenvalue weighted by atomic mass is 9.80. The van der Waals surface area contributed by atoms with Crippen LogP contribution in [0.5, 0.6) is 0 Å². The highest BCUT2D eigenvalue weighted by molar-refractivity contribution is 6.30. The molecule has 16 heavy (non-hydrogen) atoms. The molecule has 0 bridgehead atoms. The van der Waals surface area contributed by atoms with E-state index in [1.807, 2.05) is 24.3 Å². The van der Waals surface area contributed by atoms with E-state index >= 15 is 0 Å². The quantitative estimate of drug-likeness (QED) is 0.702. The zero-order chi connectivity index (χ0) is 12.2. The topological polar surface area (TPSA) is 9.23 Å². The monoisotopic (exact) mass is 238 g/mol. The van der Waals surface area contributed by atoms with Gasteiger partial charge in [0.1, 0.15) is 0 Å². The molecule has 1 nitrogen and oxygen atoms in total. The summed E-state index contributed by atoms with van der Waals surface area (Å²) in [6, 6.07) is 7.95. The first kappa shape index (κ1) is 13.3. The van der Waals surface area contributed by atoms with Crippen molar-refractivity contribution in [1.29, 1.82) is 0 Å². The molecular weight excluding hydrogens is 220 g/mol. The first-order valence-corrected chi connectivity index (χ1v) is 5.77. The van der Waals surface area contributed by atoms with Gasteiger partial charge in [-0.3, -0.25) is 0 Å². The molecule has 0 radical (unpaired) electrons. The lowest BCUT2D eigenvalue weighted by molar-refractivity contribution is 0.0430. The molecule has 1 atom stereocenters. The van der Waals surface area contributed by atoms with Crippen LogP contribution < -0.4 is 0 Å². The van der Waals surface area contributed by atoms with Crippen molar-refractivity contribution in [1.82, 2.24) is 0 Å². The fourth-order valence-electron chi connectivity index (χ4n) is 2.01. The number of ether oxygens (including phenoxy) is 1. The molecule has 0 aliphatic heterocycles. The molecule has 1 unspecified atom stereocenters. The summed E-state index contributed by atoms with van der Waals surface area (Å²) in [7, 11) is 1.71. The molecule has 88 valence electrons. The second-order valence-electron chi connectivity index (χ2n) is 4.69. The third-order valence-corrected chi connectivity index (χ3v) is 3.02. The molecule has 2 heteroatoms. The van der Waals surface area contributed by atoms with E-state index in [-0.39, 0.29) is 11.5 Å². The van der Waals surface area contributed by atoms with E-state index in [0.29, 0.717) is 0 Å². The second-order valence-corrected chi connectivity index (χ2v) is 5.12. The van der Waals surface area contributed by atoms with Crippen LogP contribution in [0.4, 0.5) is 0 Å². The number of benzene rings is 1. The summed E-state index contributed by atoms with van der Waals surface area (Å²) in [5.41, 5.74) is 1.24. The van der Waals surface area contributed by atoms with Crippen LogP contribution in [0.2, 0.25) is 5.02 Å². The molecular formula is C14H19ClO.